The molecule has 0 aliphatic carbocycles. The van der Waals surface area contributed by atoms with Gasteiger partial charge in [-0.3, -0.25) is 4.79 Å². The van der Waals surface area contributed by atoms with Gasteiger partial charge in [0.15, 0.2) is 0 Å². The predicted octanol–water partition coefficient (Wildman–Crippen LogP) is 2.71. The fourth-order valence-electron chi connectivity index (χ4n) is 2.76. The zero-order valence-corrected chi connectivity index (χ0v) is 13.0. The van der Waals surface area contributed by atoms with Crippen molar-refractivity contribution in [1.29, 1.82) is 0 Å². The highest BCUT2D eigenvalue weighted by Crippen LogP contribution is 2.23. The molecule has 0 radical (unpaired) electrons. The van der Waals surface area contributed by atoms with Gasteiger partial charge in [0.25, 0.3) is 0 Å². The van der Waals surface area contributed by atoms with Crippen molar-refractivity contribution < 1.29 is 22.7 Å². The summed E-state index contributed by atoms with van der Waals surface area (Å²) in [5.41, 5.74) is 6.57. The SMILES string of the molecule is C[C@H](N)[C@H]1CCCN(C(=O)Cc2ccc(OC(F)(F)F)cc2)C1. The molecule has 1 amide bonds. The van der Waals surface area contributed by atoms with Gasteiger partial charge in [0.2, 0.25) is 5.91 Å². The smallest absolute Gasteiger partial charge is 0.406 e. The molecule has 0 aromatic heterocycles. The van der Waals surface area contributed by atoms with Gasteiger partial charge in [0, 0.05) is 19.1 Å². The Hall–Kier alpha value is -1.76. The summed E-state index contributed by atoms with van der Waals surface area (Å²) in [6, 6.07) is 5.44. The largest absolute Gasteiger partial charge is 0.573 e. The molecule has 128 valence electrons. The lowest BCUT2D eigenvalue weighted by Crippen LogP contribution is -2.45. The van der Waals surface area contributed by atoms with Crippen molar-refractivity contribution in [3.8, 4) is 5.75 Å². The number of benzene rings is 1. The van der Waals surface area contributed by atoms with E-state index in [1.807, 2.05) is 6.92 Å². The minimum atomic E-state index is -4.71. The molecule has 7 heteroatoms. The molecule has 2 N–H and O–H groups in total. The highest BCUT2D eigenvalue weighted by atomic mass is 19.4. The number of ether oxygens (including phenoxy) is 1. The molecule has 1 aliphatic heterocycles. The van der Waals surface area contributed by atoms with E-state index in [0.717, 1.165) is 12.8 Å². The van der Waals surface area contributed by atoms with Crippen LogP contribution in [0.2, 0.25) is 0 Å². The first-order chi connectivity index (χ1) is 10.7. The van der Waals surface area contributed by atoms with Crippen LogP contribution in [0.25, 0.3) is 0 Å². The second kappa shape index (κ2) is 7.21. The second-order valence-corrected chi connectivity index (χ2v) is 5.97. The van der Waals surface area contributed by atoms with Crippen LogP contribution in [0, 0.1) is 5.92 Å². The first-order valence-electron chi connectivity index (χ1n) is 7.62. The predicted molar refractivity (Wildman–Crippen MR) is 79.8 cm³/mol. The van der Waals surface area contributed by atoms with Gasteiger partial charge in [-0.25, -0.2) is 0 Å². The van der Waals surface area contributed by atoms with E-state index in [2.05, 4.69) is 4.74 Å². The van der Waals surface area contributed by atoms with Crippen LogP contribution in [0.1, 0.15) is 25.3 Å². The van der Waals surface area contributed by atoms with Crippen molar-refractivity contribution in [2.75, 3.05) is 13.1 Å². The third-order valence-corrected chi connectivity index (χ3v) is 4.07. The second-order valence-electron chi connectivity index (χ2n) is 5.97. The van der Waals surface area contributed by atoms with Crippen LogP contribution in [0.3, 0.4) is 0 Å². The van der Waals surface area contributed by atoms with Crippen LogP contribution >= 0.6 is 0 Å². The number of halogens is 3. The summed E-state index contributed by atoms with van der Waals surface area (Å²) in [5.74, 6) is -0.0150. The maximum absolute atomic E-state index is 12.3. The average Bonchev–Trinajstić information content (AvgIpc) is 2.48. The summed E-state index contributed by atoms with van der Waals surface area (Å²) in [6.45, 7) is 3.29. The van der Waals surface area contributed by atoms with Crippen LogP contribution < -0.4 is 10.5 Å². The molecule has 1 aromatic carbocycles. The third kappa shape index (κ3) is 5.42. The summed E-state index contributed by atoms with van der Waals surface area (Å²) in [7, 11) is 0. The number of rotatable bonds is 4. The van der Waals surface area contributed by atoms with Gasteiger partial charge in [-0.1, -0.05) is 12.1 Å². The van der Waals surface area contributed by atoms with Gasteiger partial charge in [-0.15, -0.1) is 13.2 Å². The Morgan fingerprint density at radius 3 is 2.61 bits per heavy atom. The lowest BCUT2D eigenvalue weighted by atomic mass is 9.92. The lowest BCUT2D eigenvalue weighted by Gasteiger charge is -2.34. The molecule has 1 saturated heterocycles. The van der Waals surface area contributed by atoms with E-state index in [0.29, 0.717) is 24.6 Å². The van der Waals surface area contributed by atoms with E-state index < -0.39 is 6.36 Å². The quantitative estimate of drug-likeness (QED) is 0.923. The van der Waals surface area contributed by atoms with Crippen molar-refractivity contribution >= 4 is 5.91 Å². The van der Waals surface area contributed by atoms with E-state index in [1.165, 1.54) is 24.3 Å². The number of hydrogen-bond acceptors (Lipinski definition) is 3. The molecule has 2 atom stereocenters. The number of amides is 1. The van der Waals surface area contributed by atoms with Crippen LogP contribution in [0.5, 0.6) is 5.75 Å². The average molecular weight is 330 g/mol. The van der Waals surface area contributed by atoms with E-state index in [1.54, 1.807) is 4.90 Å². The van der Waals surface area contributed by atoms with Crippen LogP contribution in [0.15, 0.2) is 24.3 Å². The Morgan fingerprint density at radius 2 is 2.04 bits per heavy atom. The summed E-state index contributed by atoms with van der Waals surface area (Å²) < 4.78 is 40.1. The highest BCUT2D eigenvalue weighted by Gasteiger charge is 2.31. The standard InChI is InChI=1S/C16H21F3N2O2/c1-11(20)13-3-2-8-21(10-13)15(22)9-12-4-6-14(7-5-12)23-16(17,18)19/h4-7,11,13H,2-3,8-10,20H2,1H3/t11-,13-/m0/s1. The Labute approximate surface area is 133 Å². The maximum Gasteiger partial charge on any atom is 0.573 e. The number of carbonyl (C=O) groups is 1. The molecular formula is C16H21F3N2O2. The third-order valence-electron chi connectivity index (χ3n) is 4.07. The molecule has 2 rings (SSSR count). The van der Waals surface area contributed by atoms with Crippen molar-refractivity contribution in [1.82, 2.24) is 4.90 Å². The van der Waals surface area contributed by atoms with Crippen molar-refractivity contribution in [3.63, 3.8) is 0 Å². The van der Waals surface area contributed by atoms with Gasteiger partial charge in [0.05, 0.1) is 6.42 Å². The Balaban J connectivity index is 1.92. The van der Waals surface area contributed by atoms with Gasteiger partial charge in [-0.05, 0) is 43.4 Å². The van der Waals surface area contributed by atoms with E-state index in [9.17, 15) is 18.0 Å². The van der Waals surface area contributed by atoms with Crippen LogP contribution in [-0.2, 0) is 11.2 Å². The first-order valence-corrected chi connectivity index (χ1v) is 7.62. The molecule has 1 aliphatic rings. The zero-order chi connectivity index (χ0) is 17.0. The highest BCUT2D eigenvalue weighted by molar-refractivity contribution is 5.78. The number of likely N-dealkylation sites (tertiary alicyclic amines) is 1. The fraction of sp³-hybridized carbons (Fsp3) is 0.562. The molecular weight excluding hydrogens is 309 g/mol. The van der Waals surface area contributed by atoms with Gasteiger partial charge in [-0.2, -0.15) is 0 Å². The van der Waals surface area contributed by atoms with Gasteiger partial charge >= 0.3 is 6.36 Å². The normalized spacial score (nSPS) is 20.2. The number of nitrogens with two attached hydrogens (primary N) is 1. The Bertz CT molecular complexity index is 529. The first kappa shape index (κ1) is 17.6. The monoisotopic (exact) mass is 330 g/mol. The summed E-state index contributed by atoms with van der Waals surface area (Å²) in [5, 5.41) is 0. The topological polar surface area (TPSA) is 55.6 Å². The van der Waals surface area contributed by atoms with E-state index in [4.69, 9.17) is 5.73 Å². The zero-order valence-electron chi connectivity index (χ0n) is 13.0. The minimum absolute atomic E-state index is 0.0279. The Kier molecular flexibility index (Phi) is 5.51. The summed E-state index contributed by atoms with van der Waals surface area (Å²) in [6.07, 6.45) is -2.60. The molecule has 0 saturated carbocycles. The molecule has 23 heavy (non-hydrogen) atoms. The molecule has 4 nitrogen and oxygen atoms in total. The van der Waals surface area contributed by atoms with Gasteiger partial charge in [0.1, 0.15) is 5.75 Å². The van der Waals surface area contributed by atoms with Crippen molar-refractivity contribution in [3.05, 3.63) is 29.8 Å². The number of carbonyl (C=O) groups excluding carboxylic acids is 1. The minimum Gasteiger partial charge on any atom is -0.406 e. The lowest BCUT2D eigenvalue weighted by molar-refractivity contribution is -0.274. The van der Waals surface area contributed by atoms with Crippen LogP contribution in [0.4, 0.5) is 13.2 Å². The van der Waals surface area contributed by atoms with Crippen LogP contribution in [-0.4, -0.2) is 36.3 Å². The van der Waals surface area contributed by atoms with Crippen molar-refractivity contribution in [2.24, 2.45) is 11.7 Å². The number of alkyl halides is 3. The van der Waals surface area contributed by atoms with Crippen molar-refractivity contribution in [2.45, 2.75) is 38.6 Å². The van der Waals surface area contributed by atoms with E-state index in [-0.39, 0.29) is 24.1 Å². The molecule has 1 aromatic rings. The number of hydrogen-bond donors (Lipinski definition) is 1. The van der Waals surface area contributed by atoms with Gasteiger partial charge < -0.3 is 15.4 Å². The molecule has 0 unspecified atom stereocenters. The molecule has 1 fully saturated rings. The summed E-state index contributed by atoms with van der Waals surface area (Å²) in [4.78, 5) is 14.1. The molecule has 0 spiro atoms. The molecule has 0 bridgehead atoms. The van der Waals surface area contributed by atoms with E-state index >= 15 is 0 Å². The molecule has 1 heterocycles. The number of nitrogens with zero attached hydrogens (tertiary/aromatic N) is 1. The fourth-order valence-corrected chi connectivity index (χ4v) is 2.76. The maximum atomic E-state index is 12.3. The number of piperidine rings is 1. The Morgan fingerprint density at radius 1 is 1.39 bits per heavy atom. The summed E-state index contributed by atoms with van der Waals surface area (Å²) >= 11 is 0.